The van der Waals surface area contributed by atoms with Crippen LogP contribution in [0.25, 0.3) is 0 Å². The smallest absolute Gasteiger partial charge is 0.264 e. The van der Waals surface area contributed by atoms with Crippen LogP contribution in [0.4, 0.5) is 10.1 Å². The van der Waals surface area contributed by atoms with Gasteiger partial charge < -0.3 is 5.73 Å². The van der Waals surface area contributed by atoms with Crippen molar-refractivity contribution in [1.29, 1.82) is 0 Å². The van der Waals surface area contributed by atoms with E-state index in [0.717, 1.165) is 28.6 Å². The number of carbonyl (C=O) groups excluding carboxylic acids is 1. The molecule has 2 aromatic carbocycles. The quantitative estimate of drug-likeness (QED) is 0.855. The van der Waals surface area contributed by atoms with Crippen LogP contribution in [0.2, 0.25) is 0 Å². The van der Waals surface area contributed by atoms with Crippen LogP contribution >= 0.6 is 15.9 Å². The number of nitrogens with two attached hydrogens (primary N) is 1. The molecule has 5 nitrogen and oxygen atoms in total. The lowest BCUT2D eigenvalue weighted by molar-refractivity contribution is -0.116. The lowest BCUT2D eigenvalue weighted by Gasteiger charge is -2.23. The van der Waals surface area contributed by atoms with Crippen molar-refractivity contribution in [3.05, 3.63) is 58.8 Å². The molecule has 0 aliphatic heterocycles. The van der Waals surface area contributed by atoms with Crippen LogP contribution in [0, 0.1) is 5.82 Å². The second-order valence-electron chi connectivity index (χ2n) is 4.41. The van der Waals surface area contributed by atoms with E-state index in [9.17, 15) is 17.6 Å². The number of anilines is 1. The van der Waals surface area contributed by atoms with Gasteiger partial charge in [-0.1, -0.05) is 22.0 Å². The first kappa shape index (κ1) is 16.4. The maximum Gasteiger partial charge on any atom is 0.264 e. The van der Waals surface area contributed by atoms with E-state index < -0.39 is 28.3 Å². The molecule has 0 saturated heterocycles. The average Bonchev–Trinajstić information content (AvgIpc) is 2.45. The molecule has 0 atom stereocenters. The normalized spacial score (nSPS) is 11.2. The van der Waals surface area contributed by atoms with Crippen molar-refractivity contribution in [2.75, 3.05) is 10.8 Å². The van der Waals surface area contributed by atoms with Gasteiger partial charge in [-0.2, -0.15) is 0 Å². The number of hydrogen-bond donors (Lipinski definition) is 1. The monoisotopic (exact) mass is 386 g/mol. The summed E-state index contributed by atoms with van der Waals surface area (Å²) in [7, 11) is -4.04. The Balaban J connectivity index is 2.53. The second kappa shape index (κ2) is 6.45. The molecule has 0 fully saturated rings. The van der Waals surface area contributed by atoms with Crippen LogP contribution in [-0.4, -0.2) is 20.9 Å². The molecule has 0 bridgehead atoms. The van der Waals surface area contributed by atoms with Gasteiger partial charge in [-0.3, -0.25) is 9.10 Å². The van der Waals surface area contributed by atoms with E-state index in [1.165, 1.54) is 6.07 Å². The van der Waals surface area contributed by atoms with Gasteiger partial charge in [0.05, 0.1) is 10.6 Å². The zero-order valence-electron chi connectivity index (χ0n) is 11.2. The van der Waals surface area contributed by atoms with Crippen LogP contribution in [0.15, 0.2) is 57.9 Å². The maximum absolute atomic E-state index is 13.0. The van der Waals surface area contributed by atoms with Crippen molar-refractivity contribution >= 4 is 37.5 Å². The van der Waals surface area contributed by atoms with E-state index in [0.29, 0.717) is 4.47 Å². The molecule has 2 N–H and O–H groups in total. The molecule has 0 radical (unpaired) electrons. The Kier molecular flexibility index (Phi) is 4.82. The van der Waals surface area contributed by atoms with Crippen molar-refractivity contribution < 1.29 is 17.6 Å². The van der Waals surface area contributed by atoms with Gasteiger partial charge in [-0.25, -0.2) is 12.8 Å². The lowest BCUT2D eigenvalue weighted by atomic mass is 10.3. The minimum absolute atomic E-state index is 0.130. The summed E-state index contributed by atoms with van der Waals surface area (Å²) in [5.41, 5.74) is 5.43. The molecule has 22 heavy (non-hydrogen) atoms. The largest absolute Gasteiger partial charge is 0.368 e. The first-order chi connectivity index (χ1) is 10.3. The van der Waals surface area contributed by atoms with Crippen molar-refractivity contribution in [1.82, 2.24) is 0 Å². The Morgan fingerprint density at radius 3 is 2.36 bits per heavy atom. The third-order valence-electron chi connectivity index (χ3n) is 2.80. The molecule has 0 aromatic heterocycles. The molecule has 0 unspecified atom stereocenters. The number of halogens is 2. The van der Waals surface area contributed by atoms with Crippen LogP contribution < -0.4 is 10.0 Å². The van der Waals surface area contributed by atoms with Crippen LogP contribution in [0.3, 0.4) is 0 Å². The third kappa shape index (κ3) is 3.63. The number of nitrogens with zero attached hydrogens (tertiary/aromatic N) is 1. The fraction of sp³-hybridized carbons (Fsp3) is 0.0714. The first-order valence-corrected chi connectivity index (χ1v) is 8.36. The maximum atomic E-state index is 13.0. The van der Waals surface area contributed by atoms with Crippen LogP contribution in [0.1, 0.15) is 0 Å². The third-order valence-corrected chi connectivity index (χ3v) is 5.08. The summed E-state index contributed by atoms with van der Waals surface area (Å²) >= 11 is 3.24. The van der Waals surface area contributed by atoms with E-state index in [2.05, 4.69) is 15.9 Å². The van der Waals surface area contributed by atoms with Crippen LogP contribution in [-0.2, 0) is 14.8 Å². The molecule has 2 aromatic rings. The molecular weight excluding hydrogens is 375 g/mol. The molecule has 2 rings (SSSR count). The van der Waals surface area contributed by atoms with E-state index >= 15 is 0 Å². The molecule has 0 aliphatic rings. The standard InChI is InChI=1S/C14H12BrFN2O3S/c15-10-2-1-3-12(8-10)18(9-14(17)19)22(20,21)13-6-4-11(16)5-7-13/h1-8H,9H2,(H2,17,19). The Labute approximate surface area is 135 Å². The van der Waals surface area contributed by atoms with Gasteiger partial charge in [0.1, 0.15) is 12.4 Å². The van der Waals surface area contributed by atoms with Gasteiger partial charge in [0.25, 0.3) is 10.0 Å². The Hall–Kier alpha value is -1.93. The molecule has 0 heterocycles. The fourth-order valence-corrected chi connectivity index (χ4v) is 3.63. The summed E-state index contributed by atoms with van der Waals surface area (Å²) in [4.78, 5) is 11.1. The van der Waals surface area contributed by atoms with Crippen molar-refractivity contribution in [2.45, 2.75) is 4.90 Å². The summed E-state index contributed by atoms with van der Waals surface area (Å²) in [6.45, 7) is -0.518. The molecule has 1 amide bonds. The van der Waals surface area contributed by atoms with Gasteiger partial charge >= 0.3 is 0 Å². The summed E-state index contributed by atoms with van der Waals surface area (Å²) in [5, 5.41) is 0. The van der Waals surface area contributed by atoms with E-state index in [-0.39, 0.29) is 10.6 Å². The van der Waals surface area contributed by atoms with Gasteiger partial charge in [0.15, 0.2) is 0 Å². The number of rotatable bonds is 5. The van der Waals surface area contributed by atoms with E-state index in [1.807, 2.05) is 0 Å². The highest BCUT2D eigenvalue weighted by atomic mass is 79.9. The Bertz CT molecular complexity index is 794. The van der Waals surface area contributed by atoms with Crippen molar-refractivity contribution in [3.8, 4) is 0 Å². The predicted octanol–water partition coefficient (Wildman–Crippen LogP) is 2.27. The van der Waals surface area contributed by atoms with Gasteiger partial charge in [0.2, 0.25) is 5.91 Å². The lowest BCUT2D eigenvalue weighted by Crippen LogP contribution is -2.38. The number of primary amides is 1. The minimum atomic E-state index is -4.04. The van der Waals surface area contributed by atoms with E-state index in [4.69, 9.17) is 5.73 Å². The zero-order chi connectivity index (χ0) is 16.3. The number of amides is 1. The van der Waals surface area contributed by atoms with Gasteiger partial charge in [0, 0.05) is 4.47 Å². The summed E-state index contributed by atoms with van der Waals surface area (Å²) in [6, 6.07) is 10.8. The second-order valence-corrected chi connectivity index (χ2v) is 7.19. The molecule has 0 saturated carbocycles. The Morgan fingerprint density at radius 2 is 1.82 bits per heavy atom. The van der Waals surface area contributed by atoms with Crippen molar-refractivity contribution in [2.24, 2.45) is 5.73 Å². The number of hydrogen-bond acceptors (Lipinski definition) is 3. The van der Waals surface area contributed by atoms with Crippen molar-refractivity contribution in [3.63, 3.8) is 0 Å². The first-order valence-electron chi connectivity index (χ1n) is 6.13. The van der Waals surface area contributed by atoms with Gasteiger partial charge in [-0.05, 0) is 42.5 Å². The molecule has 0 aliphatic carbocycles. The highest BCUT2D eigenvalue weighted by molar-refractivity contribution is 9.10. The summed E-state index contributed by atoms with van der Waals surface area (Å²) in [6.07, 6.45) is 0. The fourth-order valence-electron chi connectivity index (χ4n) is 1.82. The SMILES string of the molecule is NC(=O)CN(c1cccc(Br)c1)S(=O)(=O)c1ccc(F)cc1. The number of carbonyl (C=O) groups is 1. The van der Waals surface area contributed by atoms with E-state index in [1.54, 1.807) is 18.2 Å². The molecule has 8 heteroatoms. The summed E-state index contributed by atoms with van der Waals surface area (Å²) in [5.74, 6) is -1.35. The average molecular weight is 387 g/mol. The predicted molar refractivity (Wildman–Crippen MR) is 84.3 cm³/mol. The highest BCUT2D eigenvalue weighted by Crippen LogP contribution is 2.26. The van der Waals surface area contributed by atoms with Gasteiger partial charge in [-0.15, -0.1) is 0 Å². The molecule has 116 valence electrons. The Morgan fingerprint density at radius 1 is 1.18 bits per heavy atom. The molecular formula is C14H12BrFN2O3S. The zero-order valence-corrected chi connectivity index (χ0v) is 13.6. The number of sulfonamides is 1. The minimum Gasteiger partial charge on any atom is -0.368 e. The molecule has 0 spiro atoms. The highest BCUT2D eigenvalue weighted by Gasteiger charge is 2.26. The summed E-state index contributed by atoms with van der Waals surface area (Å²) < 4.78 is 39.8. The topological polar surface area (TPSA) is 80.5 Å². The van der Waals surface area contributed by atoms with Crippen LogP contribution in [0.5, 0.6) is 0 Å². The number of benzene rings is 2.